The Morgan fingerprint density at radius 1 is 0.929 bits per heavy atom. The van der Waals surface area contributed by atoms with Crippen LogP contribution in [0.4, 0.5) is 0 Å². The number of hydrogen-bond donors (Lipinski definition) is 7. The number of aromatic hydroxyl groups is 1. The molecular weight excluding hydrogens is 556 g/mol. The van der Waals surface area contributed by atoms with E-state index >= 15 is 0 Å². The van der Waals surface area contributed by atoms with Crippen LogP contribution in [0.2, 0.25) is 0 Å². The molecule has 0 spiro atoms. The van der Waals surface area contributed by atoms with Gasteiger partial charge in [-0.3, -0.25) is 4.79 Å². The molecule has 2 heterocycles. The van der Waals surface area contributed by atoms with Gasteiger partial charge in [-0.15, -0.1) is 0 Å². The molecule has 1 aliphatic carbocycles. The molecule has 42 heavy (non-hydrogen) atoms. The predicted octanol–water partition coefficient (Wildman–Crippen LogP) is -0.199. The summed E-state index contributed by atoms with van der Waals surface area (Å²) in [5.41, 5.74) is 0.681. The third-order valence-corrected chi connectivity index (χ3v) is 8.14. The number of rotatable bonds is 7. The van der Waals surface area contributed by atoms with Crippen LogP contribution in [-0.4, -0.2) is 110 Å². The second-order valence-corrected chi connectivity index (χ2v) is 11.0. The fourth-order valence-electron chi connectivity index (χ4n) is 5.66. The zero-order valence-corrected chi connectivity index (χ0v) is 23.0. The van der Waals surface area contributed by atoms with Crippen LogP contribution in [0.5, 0.6) is 23.0 Å². The Kier molecular flexibility index (Phi) is 8.92. The first-order chi connectivity index (χ1) is 20.0. The summed E-state index contributed by atoms with van der Waals surface area (Å²) in [5.74, 6) is -0.591. The maximum absolute atomic E-state index is 13.0. The second kappa shape index (κ2) is 12.3. The van der Waals surface area contributed by atoms with Gasteiger partial charge in [0, 0.05) is 12.1 Å². The molecule has 3 aliphatic rings. The number of benzene rings is 2. The highest BCUT2D eigenvalue weighted by Crippen LogP contribution is 2.43. The molecule has 0 radical (unpaired) electrons. The standard InChI is InChI=1S/C29H36O13/c1-12-7-20(24(34)26(36)23(12)33)41-28-27(37)25(35)21(11-30)42-29(28)39-15-8-16(31)22-17(32)10-18(40-19(22)9-15)13-3-5-14(38-2)6-4-13/h3-6,8-9,12,18,20-21,23-31,33-37H,7,10-11H2,1-2H3/t12-,18+,20-,21-,23+,24+,25-,26-,27+,28-,29-/m1/s1. The molecule has 2 fully saturated rings. The van der Waals surface area contributed by atoms with Crippen molar-refractivity contribution in [2.24, 2.45) is 5.92 Å². The maximum atomic E-state index is 13.0. The fraction of sp³-hybridized carbons (Fsp3) is 0.552. The molecule has 1 saturated carbocycles. The molecule has 230 valence electrons. The number of carbonyl (C=O) groups excluding carboxylic acids is 1. The zero-order valence-electron chi connectivity index (χ0n) is 23.0. The summed E-state index contributed by atoms with van der Waals surface area (Å²) in [4.78, 5) is 13.0. The molecular formula is C29H36O13. The van der Waals surface area contributed by atoms with Crippen molar-refractivity contribution < 1.29 is 64.2 Å². The van der Waals surface area contributed by atoms with E-state index in [9.17, 15) is 40.5 Å². The molecule has 0 bridgehead atoms. The smallest absolute Gasteiger partial charge is 0.229 e. The monoisotopic (exact) mass is 592 g/mol. The first kappa shape index (κ1) is 30.4. The van der Waals surface area contributed by atoms with Gasteiger partial charge in [0.1, 0.15) is 71.3 Å². The number of fused-ring (bicyclic) bond motifs is 1. The van der Waals surface area contributed by atoms with Crippen molar-refractivity contribution in [1.82, 2.24) is 0 Å². The number of ketones is 1. The number of aliphatic hydroxyl groups excluding tert-OH is 6. The van der Waals surface area contributed by atoms with Gasteiger partial charge in [0.05, 0.1) is 32.3 Å². The van der Waals surface area contributed by atoms with Crippen LogP contribution in [0.1, 0.15) is 41.8 Å². The molecule has 13 heteroatoms. The second-order valence-electron chi connectivity index (χ2n) is 11.0. The van der Waals surface area contributed by atoms with Crippen LogP contribution in [0.3, 0.4) is 0 Å². The number of hydrogen-bond acceptors (Lipinski definition) is 13. The lowest BCUT2D eigenvalue weighted by Gasteiger charge is -2.45. The number of carbonyl (C=O) groups is 1. The number of aliphatic hydroxyl groups is 6. The van der Waals surface area contributed by atoms with E-state index < -0.39 is 79.5 Å². The van der Waals surface area contributed by atoms with Gasteiger partial charge in [-0.25, -0.2) is 0 Å². The highest BCUT2D eigenvalue weighted by molar-refractivity contribution is 6.02. The van der Waals surface area contributed by atoms with Gasteiger partial charge in [0.2, 0.25) is 6.29 Å². The lowest BCUT2D eigenvalue weighted by atomic mass is 9.81. The summed E-state index contributed by atoms with van der Waals surface area (Å²) in [6, 6.07) is 9.52. The van der Waals surface area contributed by atoms with E-state index in [0.29, 0.717) is 11.3 Å². The first-order valence-electron chi connectivity index (χ1n) is 13.7. The van der Waals surface area contributed by atoms with E-state index in [2.05, 4.69) is 0 Å². The molecule has 2 aromatic rings. The fourth-order valence-corrected chi connectivity index (χ4v) is 5.66. The molecule has 2 aliphatic heterocycles. The predicted molar refractivity (Wildman–Crippen MR) is 142 cm³/mol. The lowest BCUT2D eigenvalue weighted by molar-refractivity contribution is -0.307. The quantitative estimate of drug-likeness (QED) is 0.223. The van der Waals surface area contributed by atoms with Crippen LogP contribution < -0.4 is 14.2 Å². The summed E-state index contributed by atoms with van der Waals surface area (Å²) in [7, 11) is 1.54. The Balaban J connectivity index is 1.40. The summed E-state index contributed by atoms with van der Waals surface area (Å²) in [6.07, 6.45) is -13.3. The summed E-state index contributed by atoms with van der Waals surface area (Å²) in [6.45, 7) is 0.986. The number of methoxy groups -OCH3 is 1. The highest BCUT2D eigenvalue weighted by atomic mass is 16.7. The molecule has 0 aromatic heterocycles. The van der Waals surface area contributed by atoms with Gasteiger partial charge < -0.3 is 59.4 Å². The zero-order chi connectivity index (χ0) is 30.3. The minimum absolute atomic E-state index is 0.0142. The minimum Gasteiger partial charge on any atom is -0.507 e. The van der Waals surface area contributed by atoms with Crippen molar-refractivity contribution in [2.45, 2.75) is 81.0 Å². The maximum Gasteiger partial charge on any atom is 0.229 e. The van der Waals surface area contributed by atoms with Gasteiger partial charge in [-0.2, -0.15) is 0 Å². The van der Waals surface area contributed by atoms with E-state index in [1.54, 1.807) is 31.2 Å². The normalized spacial score (nSPS) is 36.6. The Morgan fingerprint density at radius 2 is 1.64 bits per heavy atom. The first-order valence-corrected chi connectivity index (χ1v) is 13.7. The van der Waals surface area contributed by atoms with Crippen molar-refractivity contribution in [3.63, 3.8) is 0 Å². The molecule has 1 saturated heterocycles. The van der Waals surface area contributed by atoms with Gasteiger partial charge in [-0.05, 0) is 30.0 Å². The minimum atomic E-state index is -1.66. The van der Waals surface area contributed by atoms with E-state index in [0.717, 1.165) is 6.07 Å². The van der Waals surface area contributed by atoms with Crippen molar-refractivity contribution >= 4 is 5.78 Å². The molecule has 5 rings (SSSR count). The number of Topliss-reactive ketones (excluding diaryl/α,β-unsaturated/α-hetero) is 1. The van der Waals surface area contributed by atoms with Gasteiger partial charge >= 0.3 is 0 Å². The third-order valence-electron chi connectivity index (χ3n) is 8.14. The summed E-state index contributed by atoms with van der Waals surface area (Å²) < 4.78 is 28.8. The van der Waals surface area contributed by atoms with Gasteiger partial charge in [-0.1, -0.05) is 19.1 Å². The van der Waals surface area contributed by atoms with Crippen molar-refractivity contribution in [1.29, 1.82) is 0 Å². The third kappa shape index (κ3) is 5.79. The topological polar surface area (TPSA) is 205 Å². The molecule has 0 amide bonds. The van der Waals surface area contributed by atoms with Crippen LogP contribution >= 0.6 is 0 Å². The van der Waals surface area contributed by atoms with Gasteiger partial charge in [0.25, 0.3) is 0 Å². The Morgan fingerprint density at radius 3 is 2.31 bits per heavy atom. The van der Waals surface area contributed by atoms with E-state index in [4.69, 9.17) is 23.7 Å². The number of ether oxygens (including phenoxy) is 5. The van der Waals surface area contributed by atoms with E-state index in [-0.39, 0.29) is 35.7 Å². The van der Waals surface area contributed by atoms with Gasteiger partial charge in [0.15, 0.2) is 5.78 Å². The highest BCUT2D eigenvalue weighted by Gasteiger charge is 2.50. The summed E-state index contributed by atoms with van der Waals surface area (Å²) in [5, 5.41) is 72.7. The molecule has 13 nitrogen and oxygen atoms in total. The molecule has 0 unspecified atom stereocenters. The van der Waals surface area contributed by atoms with Crippen LogP contribution in [0.15, 0.2) is 36.4 Å². The molecule has 11 atom stereocenters. The van der Waals surface area contributed by atoms with Crippen molar-refractivity contribution in [2.75, 3.05) is 13.7 Å². The Labute approximate surface area is 241 Å². The van der Waals surface area contributed by atoms with Crippen LogP contribution in [-0.2, 0) is 9.47 Å². The largest absolute Gasteiger partial charge is 0.507 e. The Hall–Kier alpha value is -3.01. The summed E-state index contributed by atoms with van der Waals surface area (Å²) >= 11 is 0. The van der Waals surface area contributed by atoms with E-state index in [1.165, 1.54) is 13.2 Å². The van der Waals surface area contributed by atoms with Crippen LogP contribution in [0.25, 0.3) is 0 Å². The van der Waals surface area contributed by atoms with E-state index in [1.807, 2.05) is 0 Å². The SMILES string of the molecule is COc1ccc([C@@H]2CC(=O)c3c(O)cc(O[C@@H]4O[C@H](CO)[C@@H](O)[C@H](O)[C@H]4O[C@@H]4C[C@@H](C)[C@H](O)[C@@H](O)[C@H]4O)cc3O2)cc1. The average molecular weight is 593 g/mol. The van der Waals surface area contributed by atoms with Crippen molar-refractivity contribution in [3.05, 3.63) is 47.5 Å². The molecule has 7 N–H and O–H groups in total. The number of phenolic OH excluding ortho intramolecular Hbond substituents is 1. The lowest BCUT2D eigenvalue weighted by Crippen LogP contribution is -2.63. The Bertz CT molecular complexity index is 1250. The molecule has 2 aromatic carbocycles. The average Bonchev–Trinajstić information content (AvgIpc) is 2.97. The van der Waals surface area contributed by atoms with Crippen molar-refractivity contribution in [3.8, 4) is 23.0 Å². The van der Waals surface area contributed by atoms with Crippen LogP contribution in [0, 0.1) is 5.92 Å². The number of phenols is 1.